The third-order valence-corrected chi connectivity index (χ3v) is 9.87. The molecule has 9 nitrogen and oxygen atoms in total. The Morgan fingerprint density at radius 1 is 1.04 bits per heavy atom. The third-order valence-electron chi connectivity index (χ3n) is 8.80. The minimum Gasteiger partial charge on any atom is -0.453 e. The number of amides is 2. The molecule has 1 aliphatic rings. The van der Waals surface area contributed by atoms with Crippen LogP contribution in [0.3, 0.4) is 0 Å². The molecule has 1 saturated heterocycles. The number of ether oxygens (including phenoxy) is 2. The number of methoxy groups -OCH3 is 1. The first-order valence-corrected chi connectivity index (χ1v) is 17.5. The maximum atomic E-state index is 14.1. The number of anilines is 1. The minimum absolute atomic E-state index is 0.0394. The van der Waals surface area contributed by atoms with E-state index in [0.717, 1.165) is 39.4 Å². The lowest BCUT2D eigenvalue weighted by Crippen LogP contribution is -2.52. The van der Waals surface area contributed by atoms with E-state index >= 15 is 0 Å². The molecule has 10 heteroatoms. The molecule has 5 rings (SSSR count). The molecule has 0 bridgehead atoms. The molecule has 0 saturated carbocycles. The van der Waals surface area contributed by atoms with Crippen molar-refractivity contribution < 1.29 is 19.1 Å². The summed E-state index contributed by atoms with van der Waals surface area (Å²) in [7, 11) is 1.29. The molecule has 254 valence electrons. The van der Waals surface area contributed by atoms with Gasteiger partial charge in [0.2, 0.25) is 5.91 Å². The van der Waals surface area contributed by atoms with Gasteiger partial charge in [-0.05, 0) is 68.0 Å². The molecular formula is C39H43N5O4S. The van der Waals surface area contributed by atoms with Crippen LogP contribution in [-0.4, -0.2) is 60.7 Å². The van der Waals surface area contributed by atoms with Crippen LogP contribution < -0.4 is 16.0 Å². The monoisotopic (exact) mass is 677 g/mol. The Morgan fingerprint density at radius 2 is 1.69 bits per heavy atom. The topological polar surface area (TPSA) is 125 Å². The summed E-state index contributed by atoms with van der Waals surface area (Å²) >= 11 is 1.56. The molecule has 4 aromatic rings. The van der Waals surface area contributed by atoms with E-state index in [1.807, 2.05) is 105 Å². The first-order valence-electron chi connectivity index (χ1n) is 16.5. The van der Waals surface area contributed by atoms with E-state index in [0.29, 0.717) is 30.0 Å². The van der Waals surface area contributed by atoms with Crippen LogP contribution in [0.1, 0.15) is 52.8 Å². The van der Waals surface area contributed by atoms with E-state index in [1.54, 1.807) is 11.8 Å². The van der Waals surface area contributed by atoms with Gasteiger partial charge >= 0.3 is 6.09 Å². The molecule has 4 atom stereocenters. The van der Waals surface area contributed by atoms with Crippen molar-refractivity contribution in [2.45, 2.75) is 68.8 Å². The molecule has 1 aliphatic heterocycles. The van der Waals surface area contributed by atoms with Gasteiger partial charge in [0.1, 0.15) is 17.1 Å². The molecule has 0 spiro atoms. The fraction of sp³-hybridized carbons (Fsp3) is 0.333. The second-order valence-electron chi connectivity index (χ2n) is 12.3. The van der Waals surface area contributed by atoms with Crippen molar-refractivity contribution in [2.24, 2.45) is 0 Å². The Hall–Kier alpha value is -4.69. The number of rotatable bonds is 12. The molecule has 0 radical (unpaired) electrons. The number of morpholine rings is 1. The number of pyridine rings is 1. The quantitative estimate of drug-likeness (QED) is 0.145. The van der Waals surface area contributed by atoms with Gasteiger partial charge in [0.25, 0.3) is 0 Å². The van der Waals surface area contributed by atoms with Crippen LogP contribution in [-0.2, 0) is 20.7 Å². The van der Waals surface area contributed by atoms with E-state index in [-0.39, 0.29) is 24.2 Å². The van der Waals surface area contributed by atoms with Crippen LogP contribution in [0, 0.1) is 25.2 Å². The number of nitrogens with one attached hydrogen (secondary N) is 3. The van der Waals surface area contributed by atoms with Gasteiger partial charge in [0, 0.05) is 35.6 Å². The highest BCUT2D eigenvalue weighted by molar-refractivity contribution is 7.99. The Kier molecular flexibility index (Phi) is 12.4. The fourth-order valence-corrected chi connectivity index (χ4v) is 7.44. The summed E-state index contributed by atoms with van der Waals surface area (Å²) in [6.45, 7) is 6.71. The van der Waals surface area contributed by atoms with Crippen molar-refractivity contribution in [2.75, 3.05) is 24.7 Å². The van der Waals surface area contributed by atoms with Gasteiger partial charge in [-0.1, -0.05) is 78.9 Å². The number of carbonyl (C=O) groups excluding carboxylic acids is 2. The number of benzene rings is 3. The van der Waals surface area contributed by atoms with E-state index < -0.39 is 18.1 Å². The summed E-state index contributed by atoms with van der Waals surface area (Å²) in [5, 5.41) is 19.9. The SMILES string of the molecule is COC(=O)NC(C(=O)Nc1ccccc1CC[C@@H]1CN[C@H](C)[C@@H](CSc2nc(C)cc(C)c2C#N)O1)C(c1ccccc1)c1ccccc1. The number of hydrogen-bond acceptors (Lipinski definition) is 8. The lowest BCUT2D eigenvalue weighted by Gasteiger charge is -2.36. The Balaban J connectivity index is 1.29. The first-order chi connectivity index (χ1) is 23.8. The van der Waals surface area contributed by atoms with Crippen molar-refractivity contribution in [1.29, 1.82) is 5.26 Å². The number of nitrogens with zero attached hydrogens (tertiary/aromatic N) is 2. The van der Waals surface area contributed by atoms with E-state index in [4.69, 9.17) is 9.47 Å². The van der Waals surface area contributed by atoms with Gasteiger partial charge in [0.05, 0.1) is 24.9 Å². The van der Waals surface area contributed by atoms with Crippen LogP contribution in [0.4, 0.5) is 10.5 Å². The van der Waals surface area contributed by atoms with Gasteiger partial charge < -0.3 is 25.4 Å². The van der Waals surface area contributed by atoms with Crippen LogP contribution >= 0.6 is 11.8 Å². The molecule has 1 fully saturated rings. The fourth-order valence-electron chi connectivity index (χ4n) is 6.19. The lowest BCUT2D eigenvalue weighted by molar-refractivity contribution is -0.118. The van der Waals surface area contributed by atoms with Gasteiger partial charge in [-0.2, -0.15) is 5.26 Å². The van der Waals surface area contributed by atoms with Crippen molar-refractivity contribution >= 4 is 29.4 Å². The molecular weight excluding hydrogens is 635 g/mol. The normalized spacial score (nSPS) is 17.9. The van der Waals surface area contributed by atoms with Crippen LogP contribution in [0.5, 0.6) is 0 Å². The number of hydrogen-bond donors (Lipinski definition) is 3. The van der Waals surface area contributed by atoms with Crippen molar-refractivity contribution in [1.82, 2.24) is 15.6 Å². The Morgan fingerprint density at radius 3 is 2.35 bits per heavy atom. The predicted octanol–water partition coefficient (Wildman–Crippen LogP) is 6.54. The zero-order valence-electron chi connectivity index (χ0n) is 28.3. The molecule has 2 amide bonds. The summed E-state index contributed by atoms with van der Waals surface area (Å²) < 4.78 is 11.5. The molecule has 3 aromatic carbocycles. The van der Waals surface area contributed by atoms with Crippen LogP contribution in [0.15, 0.2) is 96.0 Å². The third kappa shape index (κ3) is 9.27. The summed E-state index contributed by atoms with van der Waals surface area (Å²) in [4.78, 5) is 31.3. The smallest absolute Gasteiger partial charge is 0.407 e. The maximum absolute atomic E-state index is 14.1. The molecule has 1 unspecified atom stereocenters. The maximum Gasteiger partial charge on any atom is 0.407 e. The largest absolute Gasteiger partial charge is 0.453 e. The van der Waals surface area contributed by atoms with E-state index in [1.165, 1.54) is 7.11 Å². The highest BCUT2D eigenvalue weighted by Crippen LogP contribution is 2.31. The lowest BCUT2D eigenvalue weighted by atomic mass is 9.84. The van der Waals surface area contributed by atoms with E-state index in [2.05, 4.69) is 33.9 Å². The Bertz CT molecular complexity index is 1730. The Labute approximate surface area is 292 Å². The summed E-state index contributed by atoms with van der Waals surface area (Å²) in [5.74, 6) is -0.149. The molecule has 49 heavy (non-hydrogen) atoms. The van der Waals surface area contributed by atoms with Crippen LogP contribution in [0.2, 0.25) is 0 Å². The number of nitriles is 1. The second kappa shape index (κ2) is 17.1. The predicted molar refractivity (Wildman–Crippen MR) is 193 cm³/mol. The summed E-state index contributed by atoms with van der Waals surface area (Å²) in [6.07, 6.45) is 0.615. The standard InChI is InChI=1S/C39H43N5O4S/c1-25-21-26(2)42-38(32(25)22-40)49-24-34-27(3)41-23-31(48-34)20-19-28-13-11-12-18-33(28)43-37(45)36(44-39(46)47-4)35(29-14-7-5-8-15-29)30-16-9-6-10-17-30/h5-18,21,27,31,34-36,41H,19-20,23-24H2,1-4H3,(H,43,45)(H,44,46)/t27-,31-,34-,36?/m1/s1. The van der Waals surface area contributed by atoms with Gasteiger partial charge in [-0.25, -0.2) is 9.78 Å². The van der Waals surface area contributed by atoms with Crippen LogP contribution in [0.25, 0.3) is 0 Å². The highest BCUT2D eigenvalue weighted by atomic mass is 32.2. The highest BCUT2D eigenvalue weighted by Gasteiger charge is 2.33. The van der Waals surface area contributed by atoms with Gasteiger partial charge in [-0.15, -0.1) is 11.8 Å². The number of aromatic nitrogens is 1. The summed E-state index contributed by atoms with van der Waals surface area (Å²) in [6, 6.07) is 30.5. The zero-order valence-corrected chi connectivity index (χ0v) is 29.1. The minimum atomic E-state index is -0.954. The zero-order chi connectivity index (χ0) is 34.8. The van der Waals surface area contributed by atoms with Crippen molar-refractivity contribution in [3.8, 4) is 6.07 Å². The molecule has 0 aliphatic carbocycles. The van der Waals surface area contributed by atoms with Gasteiger partial charge in [0.15, 0.2) is 0 Å². The van der Waals surface area contributed by atoms with Crippen molar-refractivity contribution in [3.05, 3.63) is 125 Å². The average Bonchev–Trinajstić information content (AvgIpc) is 3.11. The molecule has 2 heterocycles. The molecule has 3 N–H and O–H groups in total. The van der Waals surface area contributed by atoms with Gasteiger partial charge in [-0.3, -0.25) is 4.79 Å². The molecule has 1 aromatic heterocycles. The summed E-state index contributed by atoms with van der Waals surface area (Å²) in [5.41, 5.74) is 5.86. The number of thioether (sulfide) groups is 1. The number of para-hydroxylation sites is 1. The first kappa shape index (κ1) is 35.6. The van der Waals surface area contributed by atoms with E-state index in [9.17, 15) is 14.9 Å². The number of aryl methyl sites for hydroxylation is 3. The number of alkyl carbamates (subject to hydrolysis) is 1. The average molecular weight is 678 g/mol. The second-order valence-corrected chi connectivity index (χ2v) is 13.3. The van der Waals surface area contributed by atoms with Crippen molar-refractivity contribution in [3.63, 3.8) is 0 Å². The number of carbonyl (C=O) groups is 2.